The Bertz CT molecular complexity index is 1570. The van der Waals surface area contributed by atoms with Crippen molar-refractivity contribution in [2.24, 2.45) is 0 Å². The molecular formula is C36H45N3O5Si. The van der Waals surface area contributed by atoms with Gasteiger partial charge in [0.1, 0.15) is 17.6 Å². The summed E-state index contributed by atoms with van der Waals surface area (Å²) in [6, 6.07) is 26.4. The third-order valence-electron chi connectivity index (χ3n) is 7.77. The second-order valence-corrected chi connectivity index (χ2v) is 17.8. The van der Waals surface area contributed by atoms with E-state index in [1.807, 2.05) is 61.5 Å². The summed E-state index contributed by atoms with van der Waals surface area (Å²) in [4.78, 5) is 41.9. The number of fused-ring (bicyclic) bond motifs is 1. The Morgan fingerprint density at radius 3 is 1.98 bits per heavy atom. The van der Waals surface area contributed by atoms with Gasteiger partial charge in [-0.05, 0) is 61.3 Å². The number of carbonyl (C=O) groups excluding carboxylic acids is 3. The lowest BCUT2D eigenvalue weighted by Crippen LogP contribution is -2.68. The maximum atomic E-state index is 13.6. The molecule has 0 aliphatic rings. The first-order valence-electron chi connectivity index (χ1n) is 15.3. The largest absolute Gasteiger partial charge is 0.444 e. The third kappa shape index (κ3) is 8.09. The number of aryl methyl sites for hydroxylation is 1. The number of hydrogen-bond acceptors (Lipinski definition) is 5. The van der Waals surface area contributed by atoms with Crippen molar-refractivity contribution in [1.82, 2.24) is 15.6 Å². The number of aldehydes is 1. The maximum absolute atomic E-state index is 13.6. The Morgan fingerprint density at radius 1 is 0.844 bits per heavy atom. The van der Waals surface area contributed by atoms with E-state index >= 15 is 0 Å². The highest BCUT2D eigenvalue weighted by Gasteiger charge is 2.50. The normalized spacial score (nSPS) is 13.6. The van der Waals surface area contributed by atoms with Crippen LogP contribution in [0, 0.1) is 6.92 Å². The highest BCUT2D eigenvalue weighted by atomic mass is 28.4. The molecule has 8 nitrogen and oxygen atoms in total. The zero-order valence-corrected chi connectivity index (χ0v) is 28.3. The molecule has 3 N–H and O–H groups in total. The van der Waals surface area contributed by atoms with Gasteiger partial charge in [0.25, 0.3) is 14.2 Å². The molecule has 4 aromatic rings. The van der Waals surface area contributed by atoms with Crippen LogP contribution >= 0.6 is 0 Å². The molecule has 3 aromatic carbocycles. The first-order chi connectivity index (χ1) is 21.2. The number of hydrogen-bond donors (Lipinski definition) is 3. The molecular weight excluding hydrogens is 582 g/mol. The first kappa shape index (κ1) is 33.7. The summed E-state index contributed by atoms with van der Waals surface area (Å²) < 4.78 is 12.7. The number of nitrogens with one attached hydrogen (secondary N) is 3. The van der Waals surface area contributed by atoms with Gasteiger partial charge >= 0.3 is 6.09 Å². The van der Waals surface area contributed by atoms with Crippen LogP contribution in [0.4, 0.5) is 4.79 Å². The Hall–Kier alpha value is -4.21. The summed E-state index contributed by atoms with van der Waals surface area (Å²) in [5.74, 6) is -0.392. The van der Waals surface area contributed by atoms with E-state index in [0.29, 0.717) is 5.69 Å². The Balaban J connectivity index is 1.72. The van der Waals surface area contributed by atoms with E-state index < -0.39 is 38.0 Å². The van der Waals surface area contributed by atoms with E-state index in [2.05, 4.69) is 60.7 Å². The third-order valence-corrected chi connectivity index (χ3v) is 12.8. The fraction of sp³-hybridized carbons (Fsp3) is 0.361. The molecule has 0 radical (unpaired) electrons. The minimum Gasteiger partial charge on any atom is -0.444 e. The predicted octanol–water partition coefficient (Wildman–Crippen LogP) is 5.63. The summed E-state index contributed by atoms with van der Waals surface area (Å²) in [7, 11) is -3.01. The summed E-state index contributed by atoms with van der Waals surface area (Å²) in [6.45, 7) is 13.9. The number of aromatic amines is 1. The van der Waals surface area contributed by atoms with Gasteiger partial charge < -0.3 is 29.6 Å². The molecule has 2 atom stereocenters. The summed E-state index contributed by atoms with van der Waals surface area (Å²) in [5, 5.41) is 8.66. The minimum atomic E-state index is -3.01. The van der Waals surface area contributed by atoms with Crippen LogP contribution in [-0.2, 0) is 14.0 Å². The number of benzene rings is 3. The lowest BCUT2D eigenvalue weighted by Gasteiger charge is -2.44. The van der Waals surface area contributed by atoms with E-state index in [0.717, 1.165) is 33.1 Å². The van der Waals surface area contributed by atoms with Crippen LogP contribution < -0.4 is 21.0 Å². The van der Waals surface area contributed by atoms with Crippen LogP contribution in [0.1, 0.15) is 64.0 Å². The van der Waals surface area contributed by atoms with Crippen molar-refractivity contribution in [1.29, 1.82) is 0 Å². The summed E-state index contributed by atoms with van der Waals surface area (Å²) in [5.41, 5.74) is 1.51. The molecule has 0 saturated carbocycles. The molecule has 4 rings (SSSR count). The van der Waals surface area contributed by atoms with Crippen molar-refractivity contribution >= 4 is 47.9 Å². The zero-order chi connectivity index (χ0) is 32.8. The zero-order valence-electron chi connectivity index (χ0n) is 27.3. The molecule has 0 aliphatic heterocycles. The van der Waals surface area contributed by atoms with Crippen molar-refractivity contribution in [3.8, 4) is 0 Å². The van der Waals surface area contributed by atoms with Crippen LogP contribution in [0.3, 0.4) is 0 Å². The average Bonchev–Trinajstić information content (AvgIpc) is 3.39. The van der Waals surface area contributed by atoms with Crippen molar-refractivity contribution < 1.29 is 23.5 Å². The Morgan fingerprint density at radius 2 is 1.44 bits per heavy atom. The smallest absolute Gasteiger partial charge is 0.408 e. The maximum Gasteiger partial charge on any atom is 0.408 e. The van der Waals surface area contributed by atoms with E-state index in [-0.39, 0.29) is 18.1 Å². The molecule has 9 heteroatoms. The molecule has 238 valence electrons. The molecule has 1 heterocycles. The van der Waals surface area contributed by atoms with Gasteiger partial charge in [-0.15, -0.1) is 0 Å². The van der Waals surface area contributed by atoms with Gasteiger partial charge in [-0.1, -0.05) is 93.1 Å². The first-order valence-corrected chi connectivity index (χ1v) is 17.2. The van der Waals surface area contributed by atoms with Gasteiger partial charge in [-0.3, -0.25) is 4.79 Å². The predicted molar refractivity (Wildman–Crippen MR) is 182 cm³/mol. The van der Waals surface area contributed by atoms with Crippen molar-refractivity contribution in [2.45, 2.75) is 77.6 Å². The molecule has 2 amide bonds. The fourth-order valence-corrected chi connectivity index (χ4v) is 10.3. The number of ether oxygens (including phenoxy) is 1. The van der Waals surface area contributed by atoms with Gasteiger partial charge in [0.15, 0.2) is 0 Å². The van der Waals surface area contributed by atoms with Gasteiger partial charge in [0, 0.05) is 17.3 Å². The van der Waals surface area contributed by atoms with Gasteiger partial charge in [0.05, 0.1) is 18.7 Å². The molecule has 45 heavy (non-hydrogen) atoms. The number of carbonyl (C=O) groups is 3. The molecule has 0 aliphatic carbocycles. The highest BCUT2D eigenvalue weighted by molar-refractivity contribution is 6.99. The van der Waals surface area contributed by atoms with Crippen molar-refractivity contribution in [3.05, 3.63) is 96.2 Å². The van der Waals surface area contributed by atoms with Gasteiger partial charge in [-0.25, -0.2) is 4.79 Å². The van der Waals surface area contributed by atoms with Gasteiger partial charge in [0.2, 0.25) is 0 Å². The van der Waals surface area contributed by atoms with Crippen LogP contribution in [0.5, 0.6) is 0 Å². The Kier molecular flexibility index (Phi) is 10.3. The van der Waals surface area contributed by atoms with E-state index in [9.17, 15) is 14.4 Å². The lowest BCUT2D eigenvalue weighted by atomic mass is 10.1. The topological polar surface area (TPSA) is 110 Å². The number of aromatic nitrogens is 1. The summed E-state index contributed by atoms with van der Waals surface area (Å²) >= 11 is 0. The number of H-pyrrole nitrogens is 1. The van der Waals surface area contributed by atoms with Gasteiger partial charge in [-0.2, -0.15) is 0 Å². The van der Waals surface area contributed by atoms with E-state index in [1.165, 1.54) is 0 Å². The van der Waals surface area contributed by atoms with Crippen LogP contribution in [-0.4, -0.2) is 55.9 Å². The van der Waals surface area contributed by atoms with E-state index in [1.54, 1.807) is 26.8 Å². The molecule has 0 saturated heterocycles. The van der Waals surface area contributed by atoms with Crippen LogP contribution in [0.15, 0.2) is 84.9 Å². The lowest BCUT2D eigenvalue weighted by molar-refractivity contribution is -0.108. The van der Waals surface area contributed by atoms with Crippen molar-refractivity contribution in [2.75, 3.05) is 6.61 Å². The molecule has 0 fully saturated rings. The molecule has 0 spiro atoms. The Labute approximate surface area is 267 Å². The number of amides is 2. The van der Waals surface area contributed by atoms with Crippen LogP contribution in [0.25, 0.3) is 10.9 Å². The number of alkyl carbamates (subject to hydrolysis) is 1. The average molecular weight is 628 g/mol. The van der Waals surface area contributed by atoms with Crippen LogP contribution in [0.2, 0.25) is 5.04 Å². The quantitative estimate of drug-likeness (QED) is 0.147. The molecule has 0 unspecified atom stereocenters. The minimum absolute atomic E-state index is 0.0250. The standard InChI is InChI=1S/C36H45N3O5Si/c1-25-18-19-29-26(22-25)23-31(37-29)33(41)38-30(20-21-40)32(39-34(42)44-35(2,3)4)24-43-45(36(5,6)7,27-14-10-8-11-15-27)28-16-12-9-13-17-28/h8-19,21-23,30,32,37H,20,24H2,1-7H3,(H,38,41)(H,39,42)/t30-,32-/m1/s1. The second kappa shape index (κ2) is 13.8. The van der Waals surface area contributed by atoms with E-state index in [4.69, 9.17) is 9.16 Å². The number of rotatable bonds is 11. The molecule has 0 bridgehead atoms. The fourth-order valence-electron chi connectivity index (χ4n) is 5.74. The monoisotopic (exact) mass is 627 g/mol. The molecule has 1 aromatic heterocycles. The summed E-state index contributed by atoms with van der Waals surface area (Å²) in [6.07, 6.45) is 0.0340. The highest BCUT2D eigenvalue weighted by Crippen LogP contribution is 2.37. The van der Waals surface area contributed by atoms with Crippen molar-refractivity contribution in [3.63, 3.8) is 0 Å². The SMILES string of the molecule is Cc1ccc2[nH]c(C(=O)N[C@H](CC=O)[C@@H](CO[Si](c3ccccc3)(c3ccccc3)C(C)(C)C)NC(=O)OC(C)(C)C)cc2c1. The second-order valence-electron chi connectivity index (χ2n) is 13.5.